The zero-order chi connectivity index (χ0) is 10.6. The summed E-state index contributed by atoms with van der Waals surface area (Å²) in [5.41, 5.74) is 0. The minimum Gasteiger partial charge on any atom is -0.209 e. The van der Waals surface area contributed by atoms with E-state index in [1.165, 1.54) is 23.5 Å². The van der Waals surface area contributed by atoms with E-state index in [2.05, 4.69) is 23.1 Å². The topological polar surface area (TPSA) is 25.8 Å². The standard InChI is InChI=1S/C8H6Cl2N2S2/c1-3-13-6-5(9)7(14-4-2)12-8(10)11-6/h3-4H,1-2H2. The molecule has 0 spiro atoms. The zero-order valence-electron chi connectivity index (χ0n) is 7.04. The summed E-state index contributed by atoms with van der Waals surface area (Å²) in [5.74, 6) is 0. The summed E-state index contributed by atoms with van der Waals surface area (Å²) in [7, 11) is 0. The van der Waals surface area contributed by atoms with Gasteiger partial charge in [0.1, 0.15) is 15.1 Å². The van der Waals surface area contributed by atoms with Crippen molar-refractivity contribution in [3.05, 3.63) is 34.3 Å². The molecule has 0 fully saturated rings. The van der Waals surface area contributed by atoms with Crippen molar-refractivity contribution in [3.63, 3.8) is 0 Å². The fourth-order valence-corrected chi connectivity index (χ4v) is 2.38. The molecule has 0 aliphatic rings. The molecule has 0 N–H and O–H groups in total. The van der Waals surface area contributed by atoms with E-state index in [1.807, 2.05) is 0 Å². The average Bonchev–Trinajstić information content (AvgIpc) is 2.14. The molecule has 0 radical (unpaired) electrons. The summed E-state index contributed by atoms with van der Waals surface area (Å²) < 4.78 is 0. The maximum absolute atomic E-state index is 6.02. The third-order valence-corrected chi connectivity index (χ3v) is 3.27. The second-order valence-electron chi connectivity index (χ2n) is 1.99. The Balaban J connectivity index is 3.16. The Morgan fingerprint density at radius 3 is 1.79 bits per heavy atom. The van der Waals surface area contributed by atoms with Gasteiger partial charge in [0, 0.05) is 0 Å². The van der Waals surface area contributed by atoms with Crippen LogP contribution >= 0.6 is 46.7 Å². The molecule has 1 aromatic rings. The fourth-order valence-electron chi connectivity index (χ4n) is 0.696. The monoisotopic (exact) mass is 264 g/mol. The lowest BCUT2D eigenvalue weighted by molar-refractivity contribution is 0.969. The zero-order valence-corrected chi connectivity index (χ0v) is 10.2. The Bertz CT molecular complexity index is 337. The molecule has 0 aliphatic carbocycles. The average molecular weight is 265 g/mol. The quantitative estimate of drug-likeness (QED) is 0.461. The van der Waals surface area contributed by atoms with Gasteiger partial charge in [-0.2, -0.15) is 0 Å². The van der Waals surface area contributed by atoms with Crippen LogP contribution in [0.1, 0.15) is 0 Å². The van der Waals surface area contributed by atoms with Crippen LogP contribution in [0.5, 0.6) is 0 Å². The van der Waals surface area contributed by atoms with Gasteiger partial charge in [-0.1, -0.05) is 48.3 Å². The summed E-state index contributed by atoms with van der Waals surface area (Å²) in [4.78, 5) is 7.94. The molecule has 0 saturated heterocycles. The number of hydrogen-bond donors (Lipinski definition) is 0. The van der Waals surface area contributed by atoms with Gasteiger partial charge in [-0.15, -0.1) is 0 Å². The number of rotatable bonds is 4. The van der Waals surface area contributed by atoms with Gasteiger partial charge in [0.05, 0.1) is 0 Å². The van der Waals surface area contributed by atoms with E-state index in [0.29, 0.717) is 15.1 Å². The van der Waals surface area contributed by atoms with Crippen molar-refractivity contribution in [1.82, 2.24) is 9.97 Å². The fraction of sp³-hybridized carbons (Fsp3) is 0. The SMILES string of the molecule is C=CSc1nc(Cl)nc(SC=C)c1Cl. The number of nitrogens with zero attached hydrogens (tertiary/aromatic N) is 2. The highest BCUT2D eigenvalue weighted by Crippen LogP contribution is 2.34. The van der Waals surface area contributed by atoms with Crippen LogP contribution in [-0.4, -0.2) is 9.97 Å². The van der Waals surface area contributed by atoms with Crippen molar-refractivity contribution in [2.24, 2.45) is 0 Å². The lowest BCUT2D eigenvalue weighted by atomic mass is 10.7. The summed E-state index contributed by atoms with van der Waals surface area (Å²) in [6.07, 6.45) is 0. The first kappa shape index (κ1) is 11.9. The Morgan fingerprint density at radius 1 is 1.00 bits per heavy atom. The van der Waals surface area contributed by atoms with Crippen LogP contribution in [-0.2, 0) is 0 Å². The Hall–Kier alpha value is -0.160. The Kier molecular flexibility index (Phi) is 4.81. The van der Waals surface area contributed by atoms with E-state index in [-0.39, 0.29) is 5.28 Å². The molecule has 0 aromatic carbocycles. The number of hydrogen-bond acceptors (Lipinski definition) is 4. The second kappa shape index (κ2) is 5.66. The predicted molar refractivity (Wildman–Crippen MR) is 64.2 cm³/mol. The minimum atomic E-state index is 0.170. The summed E-state index contributed by atoms with van der Waals surface area (Å²) in [5, 5.41) is 5.11. The number of thioether (sulfide) groups is 2. The molecule has 2 nitrogen and oxygen atoms in total. The third kappa shape index (κ3) is 2.92. The smallest absolute Gasteiger partial charge is 0.209 e. The molecule has 0 saturated carbocycles. The van der Waals surface area contributed by atoms with Crippen molar-refractivity contribution in [3.8, 4) is 0 Å². The molecule has 0 bridgehead atoms. The van der Waals surface area contributed by atoms with Crippen molar-refractivity contribution < 1.29 is 0 Å². The minimum absolute atomic E-state index is 0.170. The molecular weight excluding hydrogens is 259 g/mol. The first-order chi connectivity index (χ1) is 6.69. The van der Waals surface area contributed by atoms with Crippen LogP contribution in [0.2, 0.25) is 10.3 Å². The van der Waals surface area contributed by atoms with Crippen molar-refractivity contribution in [1.29, 1.82) is 0 Å². The lowest BCUT2D eigenvalue weighted by Gasteiger charge is -2.04. The van der Waals surface area contributed by atoms with Gasteiger partial charge in [-0.05, 0) is 22.4 Å². The first-order valence-corrected chi connectivity index (χ1v) is 5.98. The highest BCUT2D eigenvalue weighted by atomic mass is 35.5. The molecule has 1 aromatic heterocycles. The molecule has 0 unspecified atom stereocenters. The highest BCUT2D eigenvalue weighted by molar-refractivity contribution is 8.03. The van der Waals surface area contributed by atoms with Crippen molar-refractivity contribution in [2.45, 2.75) is 10.1 Å². The first-order valence-electron chi connectivity index (χ1n) is 3.47. The molecule has 1 heterocycles. The normalized spacial score (nSPS) is 9.86. The number of aromatic nitrogens is 2. The molecule has 14 heavy (non-hydrogen) atoms. The van der Waals surface area contributed by atoms with Crippen LogP contribution in [0.25, 0.3) is 0 Å². The van der Waals surface area contributed by atoms with Crippen LogP contribution in [0.15, 0.2) is 34.0 Å². The van der Waals surface area contributed by atoms with Crippen LogP contribution in [0, 0.1) is 0 Å². The lowest BCUT2D eigenvalue weighted by Crippen LogP contribution is -1.89. The predicted octanol–water partition coefficient (Wildman–Crippen LogP) is 4.25. The maximum atomic E-state index is 6.02. The molecular formula is C8H6Cl2N2S2. The molecule has 0 amide bonds. The summed E-state index contributed by atoms with van der Waals surface area (Å²) in [6, 6.07) is 0. The van der Waals surface area contributed by atoms with Gasteiger partial charge < -0.3 is 0 Å². The second-order valence-corrected chi connectivity index (χ2v) is 4.61. The van der Waals surface area contributed by atoms with Gasteiger partial charge in [0.25, 0.3) is 0 Å². The molecule has 0 aliphatic heterocycles. The molecule has 0 atom stereocenters. The van der Waals surface area contributed by atoms with E-state index in [1.54, 1.807) is 10.8 Å². The van der Waals surface area contributed by atoms with Gasteiger partial charge in [-0.3, -0.25) is 0 Å². The Morgan fingerprint density at radius 2 is 1.43 bits per heavy atom. The maximum Gasteiger partial charge on any atom is 0.224 e. The van der Waals surface area contributed by atoms with Crippen molar-refractivity contribution >= 4 is 46.7 Å². The third-order valence-electron chi connectivity index (χ3n) is 1.15. The van der Waals surface area contributed by atoms with E-state index < -0.39 is 0 Å². The Labute approximate surface area is 101 Å². The van der Waals surface area contributed by atoms with Crippen LogP contribution in [0.3, 0.4) is 0 Å². The van der Waals surface area contributed by atoms with Gasteiger partial charge in [0.15, 0.2) is 0 Å². The van der Waals surface area contributed by atoms with Crippen molar-refractivity contribution in [2.75, 3.05) is 0 Å². The van der Waals surface area contributed by atoms with E-state index in [9.17, 15) is 0 Å². The van der Waals surface area contributed by atoms with Gasteiger partial charge in [-0.25, -0.2) is 9.97 Å². The largest absolute Gasteiger partial charge is 0.224 e. The summed E-state index contributed by atoms with van der Waals surface area (Å²) >= 11 is 14.3. The van der Waals surface area contributed by atoms with E-state index in [0.717, 1.165) is 0 Å². The molecule has 1 rings (SSSR count). The van der Waals surface area contributed by atoms with Gasteiger partial charge >= 0.3 is 0 Å². The highest BCUT2D eigenvalue weighted by Gasteiger charge is 2.10. The molecule has 74 valence electrons. The molecule has 6 heteroatoms. The number of halogens is 2. The van der Waals surface area contributed by atoms with E-state index >= 15 is 0 Å². The van der Waals surface area contributed by atoms with Gasteiger partial charge in [0.2, 0.25) is 5.28 Å². The van der Waals surface area contributed by atoms with Crippen LogP contribution in [0.4, 0.5) is 0 Å². The van der Waals surface area contributed by atoms with E-state index in [4.69, 9.17) is 23.2 Å². The summed E-state index contributed by atoms with van der Waals surface area (Å²) in [6.45, 7) is 7.15. The van der Waals surface area contributed by atoms with Crippen LogP contribution < -0.4 is 0 Å².